The molecule has 0 unspecified atom stereocenters. The molecule has 0 spiro atoms. The average Bonchev–Trinajstić information content (AvgIpc) is 2.95. The van der Waals surface area contributed by atoms with Gasteiger partial charge in [-0.2, -0.15) is 0 Å². The Hall–Kier alpha value is -1.69. The van der Waals surface area contributed by atoms with Gasteiger partial charge in [-0.3, -0.25) is 4.79 Å². The van der Waals surface area contributed by atoms with Crippen molar-refractivity contribution in [2.75, 3.05) is 13.2 Å². The zero-order chi connectivity index (χ0) is 30.6. The lowest BCUT2D eigenvalue weighted by atomic mass is 9.77. The van der Waals surface area contributed by atoms with Gasteiger partial charge in [-0.15, -0.1) is 0 Å². The van der Waals surface area contributed by atoms with Crippen LogP contribution in [0.3, 0.4) is 0 Å². The maximum absolute atomic E-state index is 12.6. The highest BCUT2D eigenvalue weighted by molar-refractivity contribution is 5.69. The van der Waals surface area contributed by atoms with Gasteiger partial charge in [0.15, 0.2) is 0 Å². The van der Waals surface area contributed by atoms with Crippen molar-refractivity contribution < 1.29 is 24.9 Å². The van der Waals surface area contributed by atoms with E-state index >= 15 is 0 Å². The number of esters is 1. The fraction of sp³-hybridized carbons (Fsp3) is 0.750. The van der Waals surface area contributed by atoms with Crippen molar-refractivity contribution in [1.29, 1.82) is 0 Å². The number of hydrogen-bond acceptors (Lipinski definition) is 5. The number of rotatable bonds is 20. The molecule has 0 saturated carbocycles. The molecule has 0 aromatic rings. The summed E-state index contributed by atoms with van der Waals surface area (Å²) in [7, 11) is 0. The average molecular weight is 575 g/mol. The standard InChI is InChI=1S/C36H62O5/c1-6-7-8-9-10-11-12-13-14-15-16-17-18-23-34(38)41-29-31(22-20-25-35(3,4)39)32-24-27-36(5,40)26-19-21-30(2)33(32)28-37/h19-20,22,25-26,32-33,37,39-40H,2,6-18,21,23-24,27-29H2,1,3-5H3/b25-20+,26-19-,31-22-/t32-,33+,36-/m1/s1. The van der Waals surface area contributed by atoms with Crippen molar-refractivity contribution in [1.82, 2.24) is 0 Å². The van der Waals surface area contributed by atoms with Crippen LogP contribution in [0.25, 0.3) is 0 Å². The zero-order valence-electron chi connectivity index (χ0n) is 26.8. The Morgan fingerprint density at radius 2 is 1.61 bits per heavy atom. The first-order chi connectivity index (χ1) is 19.5. The highest BCUT2D eigenvalue weighted by atomic mass is 16.5. The highest BCUT2D eigenvalue weighted by Gasteiger charge is 2.30. The van der Waals surface area contributed by atoms with Gasteiger partial charge in [-0.1, -0.05) is 127 Å². The molecule has 1 rings (SSSR count). The van der Waals surface area contributed by atoms with Crippen LogP contribution in [0.15, 0.2) is 48.1 Å². The van der Waals surface area contributed by atoms with E-state index in [2.05, 4.69) is 13.5 Å². The topological polar surface area (TPSA) is 87.0 Å². The second-order valence-corrected chi connectivity index (χ2v) is 13.0. The van der Waals surface area contributed by atoms with Crippen molar-refractivity contribution in [3.63, 3.8) is 0 Å². The normalized spacial score (nSPS) is 23.3. The first kappa shape index (κ1) is 37.3. The smallest absolute Gasteiger partial charge is 0.306 e. The van der Waals surface area contributed by atoms with Crippen LogP contribution >= 0.6 is 0 Å². The Morgan fingerprint density at radius 1 is 1.05 bits per heavy atom. The maximum Gasteiger partial charge on any atom is 0.306 e. The van der Waals surface area contributed by atoms with E-state index in [1.165, 1.54) is 64.2 Å². The summed E-state index contributed by atoms with van der Waals surface area (Å²) in [6.45, 7) is 11.7. The molecule has 0 heterocycles. The number of allylic oxidation sites excluding steroid dienone is 3. The molecule has 3 N–H and O–H groups in total. The van der Waals surface area contributed by atoms with Crippen molar-refractivity contribution in [3.8, 4) is 0 Å². The minimum absolute atomic E-state index is 0.0705. The lowest BCUT2D eigenvalue weighted by Gasteiger charge is -2.30. The monoisotopic (exact) mass is 574 g/mol. The van der Waals surface area contributed by atoms with Crippen LogP contribution in [0.5, 0.6) is 0 Å². The molecule has 0 radical (unpaired) electrons. The fourth-order valence-corrected chi connectivity index (χ4v) is 5.54. The summed E-state index contributed by atoms with van der Waals surface area (Å²) in [5.41, 5.74) is -0.176. The fourth-order valence-electron chi connectivity index (χ4n) is 5.54. The molecule has 0 amide bonds. The molecule has 5 nitrogen and oxygen atoms in total. The molecule has 0 bridgehead atoms. The second kappa shape index (κ2) is 21.1. The summed E-state index contributed by atoms with van der Waals surface area (Å²) in [5, 5.41) is 31.2. The highest BCUT2D eigenvalue weighted by Crippen LogP contribution is 2.36. The number of carbonyl (C=O) groups excluding carboxylic acids is 1. The van der Waals surface area contributed by atoms with Gasteiger partial charge < -0.3 is 20.1 Å². The number of hydrogen-bond donors (Lipinski definition) is 3. The lowest BCUT2D eigenvalue weighted by Crippen LogP contribution is -2.28. The van der Waals surface area contributed by atoms with Gasteiger partial charge in [0.05, 0.1) is 17.8 Å². The first-order valence-corrected chi connectivity index (χ1v) is 16.4. The predicted octanol–water partition coefficient (Wildman–Crippen LogP) is 8.54. The molecule has 236 valence electrons. The second-order valence-electron chi connectivity index (χ2n) is 13.0. The van der Waals surface area contributed by atoms with Crippen molar-refractivity contribution in [3.05, 3.63) is 48.1 Å². The molecule has 0 saturated heterocycles. The van der Waals surface area contributed by atoms with E-state index in [-0.39, 0.29) is 31.0 Å². The van der Waals surface area contributed by atoms with Crippen LogP contribution in [0, 0.1) is 11.8 Å². The van der Waals surface area contributed by atoms with Gasteiger partial charge in [0.25, 0.3) is 0 Å². The van der Waals surface area contributed by atoms with Gasteiger partial charge in [0.1, 0.15) is 6.61 Å². The molecule has 1 aliphatic carbocycles. The van der Waals surface area contributed by atoms with Crippen LogP contribution in [-0.4, -0.2) is 45.7 Å². The first-order valence-electron chi connectivity index (χ1n) is 16.4. The minimum Gasteiger partial charge on any atom is -0.461 e. The molecule has 5 heteroatoms. The van der Waals surface area contributed by atoms with Gasteiger partial charge in [-0.05, 0) is 57.9 Å². The maximum atomic E-state index is 12.6. The van der Waals surface area contributed by atoms with E-state index in [4.69, 9.17) is 4.74 Å². The third-order valence-corrected chi connectivity index (χ3v) is 8.20. The summed E-state index contributed by atoms with van der Waals surface area (Å²) in [5.74, 6) is -0.564. The summed E-state index contributed by atoms with van der Waals surface area (Å²) < 4.78 is 5.74. The van der Waals surface area contributed by atoms with E-state index in [0.717, 1.165) is 30.4 Å². The summed E-state index contributed by atoms with van der Waals surface area (Å²) in [4.78, 5) is 12.6. The van der Waals surface area contributed by atoms with Gasteiger partial charge >= 0.3 is 5.97 Å². The quantitative estimate of drug-likeness (QED) is 0.0587. The molecule has 1 aliphatic rings. The van der Waals surface area contributed by atoms with Crippen LogP contribution in [0.2, 0.25) is 0 Å². The summed E-state index contributed by atoms with van der Waals surface area (Å²) >= 11 is 0. The van der Waals surface area contributed by atoms with Gasteiger partial charge in [-0.25, -0.2) is 0 Å². The van der Waals surface area contributed by atoms with E-state index in [1.54, 1.807) is 32.9 Å². The molecule has 41 heavy (non-hydrogen) atoms. The Balaban J connectivity index is 2.58. The third-order valence-electron chi connectivity index (χ3n) is 8.20. The van der Waals surface area contributed by atoms with Gasteiger partial charge in [0.2, 0.25) is 0 Å². The Labute approximate surface area is 251 Å². The van der Waals surface area contributed by atoms with Crippen molar-refractivity contribution >= 4 is 5.97 Å². The Kier molecular flexibility index (Phi) is 19.2. The number of aliphatic hydroxyl groups excluding tert-OH is 1. The Morgan fingerprint density at radius 3 is 2.15 bits per heavy atom. The third kappa shape index (κ3) is 18.5. The van der Waals surface area contributed by atoms with Crippen LogP contribution < -0.4 is 0 Å². The molecular weight excluding hydrogens is 512 g/mol. The zero-order valence-corrected chi connectivity index (χ0v) is 26.8. The van der Waals surface area contributed by atoms with Crippen LogP contribution in [-0.2, 0) is 9.53 Å². The van der Waals surface area contributed by atoms with Gasteiger partial charge in [0, 0.05) is 12.3 Å². The molecule has 0 aromatic carbocycles. The molecule has 0 fully saturated rings. The number of unbranched alkanes of at least 4 members (excludes halogenated alkanes) is 12. The molecular formula is C36H62O5. The van der Waals surface area contributed by atoms with Crippen LogP contribution in [0.1, 0.15) is 137 Å². The molecule has 0 aromatic heterocycles. The number of ether oxygens (including phenoxy) is 1. The van der Waals surface area contributed by atoms with Crippen LogP contribution in [0.4, 0.5) is 0 Å². The Bertz CT molecular complexity index is 814. The SMILES string of the molecule is C=C1C/C=C\[C@@](C)(O)CC[C@H](/C(=C\C=C\C(C)(C)O)COC(=O)CCCCCCCCCCCCCCC)[C@H]1CO. The lowest BCUT2D eigenvalue weighted by molar-refractivity contribution is -0.143. The number of carbonyl (C=O) groups is 1. The predicted molar refractivity (Wildman–Crippen MR) is 172 cm³/mol. The van der Waals surface area contributed by atoms with E-state index in [9.17, 15) is 20.1 Å². The number of aliphatic hydroxyl groups is 3. The molecule has 0 aliphatic heterocycles. The summed E-state index contributed by atoms with van der Waals surface area (Å²) in [6.07, 6.45) is 27.6. The van der Waals surface area contributed by atoms with E-state index < -0.39 is 11.2 Å². The summed E-state index contributed by atoms with van der Waals surface area (Å²) in [6, 6.07) is 0. The molecule has 3 atom stereocenters. The minimum atomic E-state index is -0.974. The van der Waals surface area contributed by atoms with Crippen molar-refractivity contribution in [2.24, 2.45) is 11.8 Å². The van der Waals surface area contributed by atoms with E-state index in [1.807, 2.05) is 18.2 Å². The van der Waals surface area contributed by atoms with Crippen molar-refractivity contribution in [2.45, 2.75) is 148 Å². The van der Waals surface area contributed by atoms with E-state index in [0.29, 0.717) is 25.7 Å². The largest absolute Gasteiger partial charge is 0.461 e.